The smallest absolute Gasteiger partial charge is 0.328 e. The summed E-state index contributed by atoms with van der Waals surface area (Å²) in [4.78, 5) is 35.9. The summed E-state index contributed by atoms with van der Waals surface area (Å²) in [5.74, 6) is -0.959. The number of nitro groups is 1. The zero-order valence-corrected chi connectivity index (χ0v) is 11.5. The van der Waals surface area contributed by atoms with Gasteiger partial charge in [-0.05, 0) is 12.3 Å². The van der Waals surface area contributed by atoms with Gasteiger partial charge in [0.05, 0.1) is 18.2 Å². The zero-order chi connectivity index (χ0) is 15.3. The van der Waals surface area contributed by atoms with E-state index in [-0.39, 0.29) is 17.3 Å². The second kappa shape index (κ2) is 6.69. The molecule has 0 radical (unpaired) electrons. The van der Waals surface area contributed by atoms with E-state index in [0.29, 0.717) is 6.42 Å². The fraction of sp³-hybridized carbons (Fsp3) is 0.500. The lowest BCUT2D eigenvalue weighted by atomic mass is 10.0. The summed E-state index contributed by atoms with van der Waals surface area (Å²) >= 11 is 0. The minimum Gasteiger partial charge on any atom is -0.467 e. The summed E-state index contributed by atoms with van der Waals surface area (Å²) in [6.07, 6.45) is 1.53. The lowest BCUT2D eigenvalue weighted by molar-refractivity contribution is -0.384. The molecule has 0 saturated heterocycles. The molecule has 1 atom stereocenters. The first-order chi connectivity index (χ1) is 9.35. The Hall–Kier alpha value is -2.38. The molecule has 1 aromatic heterocycles. The van der Waals surface area contributed by atoms with E-state index >= 15 is 0 Å². The number of methoxy groups -OCH3 is 1. The highest BCUT2D eigenvalue weighted by molar-refractivity contribution is 5.95. The average Bonchev–Trinajstić information content (AvgIpc) is 2.86. The Balaban J connectivity index is 2.78. The van der Waals surface area contributed by atoms with Crippen molar-refractivity contribution in [3.63, 3.8) is 0 Å². The summed E-state index contributed by atoms with van der Waals surface area (Å²) < 4.78 is 4.62. The third-order valence-electron chi connectivity index (χ3n) is 2.62. The third-order valence-corrected chi connectivity index (χ3v) is 2.62. The molecule has 20 heavy (non-hydrogen) atoms. The average molecular weight is 283 g/mol. The standard InChI is InChI=1S/C12H17N3O5/c1-7(2)4-10(12(17)20-3)14-11(16)9-5-8(6-13-9)15(18)19/h5-7,10,13H,4H2,1-3H3,(H,14,16). The van der Waals surface area contributed by atoms with E-state index in [1.807, 2.05) is 13.8 Å². The maximum absolute atomic E-state index is 11.9. The summed E-state index contributed by atoms with van der Waals surface area (Å²) in [6.45, 7) is 3.81. The van der Waals surface area contributed by atoms with Crippen LogP contribution in [-0.4, -0.2) is 34.9 Å². The Morgan fingerprint density at radius 2 is 2.15 bits per heavy atom. The van der Waals surface area contributed by atoms with Crippen molar-refractivity contribution in [2.75, 3.05) is 7.11 Å². The van der Waals surface area contributed by atoms with Crippen molar-refractivity contribution in [2.45, 2.75) is 26.3 Å². The topological polar surface area (TPSA) is 114 Å². The number of aromatic amines is 1. The van der Waals surface area contributed by atoms with E-state index in [2.05, 4.69) is 15.0 Å². The summed E-state index contributed by atoms with van der Waals surface area (Å²) in [5.41, 5.74) is -0.192. The number of H-pyrrole nitrogens is 1. The molecule has 0 spiro atoms. The normalized spacial score (nSPS) is 12.0. The van der Waals surface area contributed by atoms with Gasteiger partial charge in [0.2, 0.25) is 0 Å². The molecule has 0 saturated carbocycles. The minimum absolute atomic E-state index is 0.0226. The molecule has 1 rings (SSSR count). The van der Waals surface area contributed by atoms with Crippen molar-refractivity contribution in [2.24, 2.45) is 5.92 Å². The SMILES string of the molecule is COC(=O)C(CC(C)C)NC(=O)c1cc([N+](=O)[O-])c[nH]1. The van der Waals surface area contributed by atoms with Crippen molar-refractivity contribution in [1.29, 1.82) is 0 Å². The van der Waals surface area contributed by atoms with Crippen molar-refractivity contribution >= 4 is 17.6 Å². The second-order valence-corrected chi connectivity index (χ2v) is 4.71. The van der Waals surface area contributed by atoms with Crippen molar-refractivity contribution in [1.82, 2.24) is 10.3 Å². The van der Waals surface area contributed by atoms with E-state index in [0.717, 1.165) is 12.3 Å². The van der Waals surface area contributed by atoms with E-state index in [1.165, 1.54) is 7.11 Å². The van der Waals surface area contributed by atoms with E-state index < -0.39 is 22.8 Å². The van der Waals surface area contributed by atoms with E-state index in [1.54, 1.807) is 0 Å². The molecule has 0 fully saturated rings. The van der Waals surface area contributed by atoms with Crippen LogP contribution in [0.4, 0.5) is 5.69 Å². The van der Waals surface area contributed by atoms with Crippen LogP contribution in [0.5, 0.6) is 0 Å². The Morgan fingerprint density at radius 1 is 1.50 bits per heavy atom. The molecule has 0 bridgehead atoms. The molecule has 2 N–H and O–H groups in total. The number of aromatic nitrogens is 1. The molecular formula is C12H17N3O5. The van der Waals surface area contributed by atoms with Crippen LogP contribution in [0.3, 0.4) is 0 Å². The van der Waals surface area contributed by atoms with Crippen molar-refractivity contribution < 1.29 is 19.2 Å². The zero-order valence-electron chi connectivity index (χ0n) is 11.5. The highest BCUT2D eigenvalue weighted by atomic mass is 16.6. The number of amides is 1. The van der Waals surface area contributed by atoms with Gasteiger partial charge in [-0.25, -0.2) is 4.79 Å². The number of nitrogens with zero attached hydrogens (tertiary/aromatic N) is 1. The number of rotatable bonds is 6. The molecule has 0 aliphatic carbocycles. The van der Waals surface area contributed by atoms with E-state index in [9.17, 15) is 19.7 Å². The van der Waals surface area contributed by atoms with Gasteiger partial charge in [-0.1, -0.05) is 13.8 Å². The summed E-state index contributed by atoms with van der Waals surface area (Å²) in [5, 5.41) is 13.0. The van der Waals surface area contributed by atoms with E-state index in [4.69, 9.17) is 0 Å². The van der Waals surface area contributed by atoms with Gasteiger partial charge >= 0.3 is 5.97 Å². The van der Waals surface area contributed by atoms with Crippen LogP contribution in [-0.2, 0) is 9.53 Å². The predicted molar refractivity (Wildman–Crippen MR) is 70.2 cm³/mol. The van der Waals surface area contributed by atoms with Gasteiger partial charge in [0, 0.05) is 6.07 Å². The quantitative estimate of drug-likeness (QED) is 0.463. The van der Waals surface area contributed by atoms with Crippen LogP contribution in [0.1, 0.15) is 30.8 Å². The number of carbonyl (C=O) groups excluding carboxylic acids is 2. The molecule has 110 valence electrons. The molecule has 1 heterocycles. The van der Waals surface area contributed by atoms with Gasteiger partial charge in [0.25, 0.3) is 11.6 Å². The highest BCUT2D eigenvalue weighted by Gasteiger charge is 2.24. The van der Waals surface area contributed by atoms with Gasteiger partial charge in [-0.15, -0.1) is 0 Å². The van der Waals surface area contributed by atoms with Crippen LogP contribution in [0.25, 0.3) is 0 Å². The predicted octanol–water partition coefficient (Wildman–Crippen LogP) is 1.24. The van der Waals surface area contributed by atoms with Gasteiger partial charge in [0.15, 0.2) is 0 Å². The van der Waals surface area contributed by atoms with Crippen LogP contribution < -0.4 is 5.32 Å². The fourth-order valence-corrected chi connectivity index (χ4v) is 1.68. The highest BCUT2D eigenvalue weighted by Crippen LogP contribution is 2.13. The number of esters is 1. The number of ether oxygens (including phenoxy) is 1. The lowest BCUT2D eigenvalue weighted by Gasteiger charge is -2.17. The van der Waals surface area contributed by atoms with Crippen LogP contribution in [0.15, 0.2) is 12.3 Å². The Labute approximate surface area is 115 Å². The largest absolute Gasteiger partial charge is 0.467 e. The first-order valence-corrected chi connectivity index (χ1v) is 6.06. The monoisotopic (exact) mass is 283 g/mol. The van der Waals surface area contributed by atoms with Crippen molar-refractivity contribution in [3.8, 4) is 0 Å². The second-order valence-electron chi connectivity index (χ2n) is 4.71. The van der Waals surface area contributed by atoms with Crippen molar-refractivity contribution in [3.05, 3.63) is 28.1 Å². The molecular weight excluding hydrogens is 266 g/mol. The maximum atomic E-state index is 11.9. The van der Waals surface area contributed by atoms with Gasteiger partial charge in [0.1, 0.15) is 11.7 Å². The molecule has 1 amide bonds. The molecule has 1 aromatic rings. The first kappa shape index (κ1) is 15.7. The molecule has 0 aliphatic heterocycles. The van der Waals surface area contributed by atoms with Crippen LogP contribution in [0.2, 0.25) is 0 Å². The summed E-state index contributed by atoms with van der Waals surface area (Å²) in [7, 11) is 1.24. The molecule has 0 aliphatic rings. The molecule has 8 heteroatoms. The van der Waals surface area contributed by atoms with Crippen LogP contribution >= 0.6 is 0 Å². The van der Waals surface area contributed by atoms with Crippen LogP contribution in [0, 0.1) is 16.0 Å². The number of carbonyl (C=O) groups is 2. The maximum Gasteiger partial charge on any atom is 0.328 e. The number of hydrogen-bond acceptors (Lipinski definition) is 5. The van der Waals surface area contributed by atoms with Gasteiger partial charge < -0.3 is 15.0 Å². The van der Waals surface area contributed by atoms with Gasteiger partial charge in [-0.2, -0.15) is 0 Å². The Kier molecular flexibility index (Phi) is 5.24. The molecule has 0 aromatic carbocycles. The Bertz CT molecular complexity index is 509. The Morgan fingerprint density at radius 3 is 2.60 bits per heavy atom. The lowest BCUT2D eigenvalue weighted by Crippen LogP contribution is -2.42. The summed E-state index contributed by atoms with van der Waals surface area (Å²) in [6, 6.07) is 0.328. The first-order valence-electron chi connectivity index (χ1n) is 6.06. The minimum atomic E-state index is -0.783. The molecule has 1 unspecified atom stereocenters. The fourth-order valence-electron chi connectivity index (χ4n) is 1.68. The molecule has 8 nitrogen and oxygen atoms in total. The number of nitrogens with one attached hydrogen (secondary N) is 2. The third kappa shape index (κ3) is 4.08. The number of hydrogen-bond donors (Lipinski definition) is 2. The van der Waals surface area contributed by atoms with Gasteiger partial charge in [-0.3, -0.25) is 14.9 Å².